The van der Waals surface area contributed by atoms with Crippen LogP contribution < -0.4 is 10.1 Å². The van der Waals surface area contributed by atoms with Crippen LogP contribution in [-0.4, -0.2) is 13.7 Å². The number of fused-ring (bicyclic) bond motifs is 1. The van der Waals surface area contributed by atoms with Gasteiger partial charge in [-0.15, -0.1) is 0 Å². The normalized spacial score (nSPS) is 22.1. The van der Waals surface area contributed by atoms with Crippen molar-refractivity contribution in [1.29, 1.82) is 0 Å². The van der Waals surface area contributed by atoms with Crippen molar-refractivity contribution in [2.45, 2.75) is 51.0 Å². The summed E-state index contributed by atoms with van der Waals surface area (Å²) < 4.78 is 5.37. The quantitative estimate of drug-likeness (QED) is 0.783. The van der Waals surface area contributed by atoms with E-state index < -0.39 is 0 Å². The molecule has 0 aliphatic heterocycles. The van der Waals surface area contributed by atoms with E-state index >= 15 is 0 Å². The highest BCUT2D eigenvalue weighted by Crippen LogP contribution is 2.34. The predicted octanol–water partition coefficient (Wildman–Crippen LogP) is 3.85. The zero-order valence-electron chi connectivity index (χ0n) is 12.0. The molecule has 0 bridgehead atoms. The van der Waals surface area contributed by atoms with Crippen molar-refractivity contribution in [3.8, 4) is 5.75 Å². The summed E-state index contributed by atoms with van der Waals surface area (Å²) in [4.78, 5) is 0. The van der Waals surface area contributed by atoms with E-state index in [1.165, 1.54) is 56.1 Å². The van der Waals surface area contributed by atoms with Gasteiger partial charge < -0.3 is 10.1 Å². The van der Waals surface area contributed by atoms with Crippen LogP contribution in [0.4, 0.5) is 0 Å². The van der Waals surface area contributed by atoms with Crippen LogP contribution in [0, 0.1) is 5.92 Å². The molecule has 0 radical (unpaired) electrons. The van der Waals surface area contributed by atoms with Crippen LogP contribution in [0.3, 0.4) is 0 Å². The van der Waals surface area contributed by atoms with Crippen molar-refractivity contribution in [2.75, 3.05) is 13.7 Å². The molecule has 19 heavy (non-hydrogen) atoms. The van der Waals surface area contributed by atoms with Gasteiger partial charge >= 0.3 is 0 Å². The lowest BCUT2D eigenvalue weighted by Crippen LogP contribution is -2.26. The van der Waals surface area contributed by atoms with Gasteiger partial charge in [-0.25, -0.2) is 0 Å². The Morgan fingerprint density at radius 3 is 2.95 bits per heavy atom. The van der Waals surface area contributed by atoms with Gasteiger partial charge in [-0.05, 0) is 67.8 Å². The molecule has 0 spiro atoms. The summed E-state index contributed by atoms with van der Waals surface area (Å²) in [5.41, 5.74) is 2.98. The van der Waals surface area contributed by atoms with Gasteiger partial charge in [0, 0.05) is 6.04 Å². The van der Waals surface area contributed by atoms with Crippen LogP contribution in [0.25, 0.3) is 0 Å². The largest absolute Gasteiger partial charge is 0.497 e. The van der Waals surface area contributed by atoms with Gasteiger partial charge in [-0.3, -0.25) is 0 Å². The van der Waals surface area contributed by atoms with E-state index in [1.54, 1.807) is 7.11 Å². The minimum Gasteiger partial charge on any atom is -0.497 e. The third kappa shape index (κ3) is 3.30. The van der Waals surface area contributed by atoms with Gasteiger partial charge in [0.05, 0.1) is 7.11 Å². The fraction of sp³-hybridized carbons (Fsp3) is 0.647. The lowest BCUT2D eigenvalue weighted by molar-refractivity contribution is 0.408. The minimum atomic E-state index is 0.540. The van der Waals surface area contributed by atoms with Gasteiger partial charge in [0.1, 0.15) is 5.75 Å². The number of methoxy groups -OCH3 is 1. The highest BCUT2D eigenvalue weighted by atomic mass is 16.5. The van der Waals surface area contributed by atoms with Gasteiger partial charge in [-0.1, -0.05) is 18.9 Å². The summed E-state index contributed by atoms with van der Waals surface area (Å²) in [6.07, 6.45) is 9.50. The minimum absolute atomic E-state index is 0.540. The molecule has 2 heteroatoms. The Kier molecular flexibility index (Phi) is 4.07. The average molecular weight is 259 g/mol. The van der Waals surface area contributed by atoms with Crippen LogP contribution in [0.1, 0.15) is 55.7 Å². The van der Waals surface area contributed by atoms with Crippen molar-refractivity contribution in [1.82, 2.24) is 5.32 Å². The Balaban J connectivity index is 1.59. The van der Waals surface area contributed by atoms with E-state index in [4.69, 9.17) is 4.74 Å². The van der Waals surface area contributed by atoms with Gasteiger partial charge in [0.15, 0.2) is 0 Å². The third-order valence-corrected chi connectivity index (χ3v) is 4.54. The number of benzene rings is 1. The Labute approximate surface area is 116 Å². The SMILES string of the molecule is COc1ccc2c(c1)C(NCCCC1CC1)CCC2. The topological polar surface area (TPSA) is 21.3 Å². The molecule has 1 unspecified atom stereocenters. The van der Waals surface area contributed by atoms with Crippen molar-refractivity contribution in [2.24, 2.45) is 5.92 Å². The number of rotatable bonds is 6. The maximum Gasteiger partial charge on any atom is 0.119 e. The van der Waals surface area contributed by atoms with Gasteiger partial charge in [0.25, 0.3) is 0 Å². The van der Waals surface area contributed by atoms with Crippen LogP contribution in [0.2, 0.25) is 0 Å². The summed E-state index contributed by atoms with van der Waals surface area (Å²) in [6.45, 7) is 1.16. The van der Waals surface area contributed by atoms with Gasteiger partial charge in [-0.2, -0.15) is 0 Å². The van der Waals surface area contributed by atoms with E-state index in [0.29, 0.717) is 6.04 Å². The molecule has 1 fully saturated rings. The lowest BCUT2D eigenvalue weighted by Gasteiger charge is -2.27. The molecule has 2 aliphatic rings. The first-order chi connectivity index (χ1) is 9.36. The first-order valence-corrected chi connectivity index (χ1v) is 7.77. The molecule has 0 amide bonds. The summed E-state index contributed by atoms with van der Waals surface area (Å²) in [7, 11) is 1.75. The monoisotopic (exact) mass is 259 g/mol. The molecule has 1 aromatic carbocycles. The zero-order valence-corrected chi connectivity index (χ0v) is 12.0. The van der Waals surface area contributed by atoms with Crippen LogP contribution in [-0.2, 0) is 6.42 Å². The number of aryl methyl sites for hydroxylation is 1. The second kappa shape index (κ2) is 5.96. The summed E-state index contributed by atoms with van der Waals surface area (Å²) >= 11 is 0. The summed E-state index contributed by atoms with van der Waals surface area (Å²) in [5, 5.41) is 3.76. The predicted molar refractivity (Wildman–Crippen MR) is 78.6 cm³/mol. The molecule has 0 saturated heterocycles. The Hall–Kier alpha value is -1.02. The second-order valence-corrected chi connectivity index (χ2v) is 6.05. The van der Waals surface area contributed by atoms with Crippen LogP contribution in [0.5, 0.6) is 5.75 Å². The molecule has 2 nitrogen and oxygen atoms in total. The molecule has 0 aromatic heterocycles. The Bertz CT molecular complexity index is 425. The molecule has 0 heterocycles. The molecule has 104 valence electrons. The van der Waals surface area contributed by atoms with E-state index in [1.807, 2.05) is 0 Å². The van der Waals surface area contributed by atoms with Crippen molar-refractivity contribution >= 4 is 0 Å². The molecule has 1 aromatic rings. The maximum atomic E-state index is 5.37. The van der Waals surface area contributed by atoms with E-state index in [2.05, 4.69) is 23.5 Å². The number of ether oxygens (including phenoxy) is 1. The molecular weight excluding hydrogens is 234 g/mol. The molecule has 1 atom stereocenters. The zero-order chi connectivity index (χ0) is 13.1. The van der Waals surface area contributed by atoms with Gasteiger partial charge in [0.2, 0.25) is 0 Å². The Morgan fingerprint density at radius 1 is 1.26 bits per heavy atom. The van der Waals surface area contributed by atoms with E-state index in [0.717, 1.165) is 18.2 Å². The van der Waals surface area contributed by atoms with Crippen molar-refractivity contribution in [3.63, 3.8) is 0 Å². The van der Waals surface area contributed by atoms with Crippen LogP contribution >= 0.6 is 0 Å². The Morgan fingerprint density at radius 2 is 2.16 bits per heavy atom. The van der Waals surface area contributed by atoms with Crippen LogP contribution in [0.15, 0.2) is 18.2 Å². The summed E-state index contributed by atoms with van der Waals surface area (Å²) in [5.74, 6) is 2.05. The highest BCUT2D eigenvalue weighted by Gasteiger charge is 2.22. The first-order valence-electron chi connectivity index (χ1n) is 7.77. The molecular formula is C17H25NO. The molecule has 1 saturated carbocycles. The standard InChI is InChI=1S/C17H25NO/c1-19-15-10-9-14-5-2-6-17(16(14)12-15)18-11-3-4-13-7-8-13/h9-10,12-13,17-18H,2-8,11H2,1H3. The fourth-order valence-electron chi connectivity index (χ4n) is 3.19. The maximum absolute atomic E-state index is 5.37. The highest BCUT2D eigenvalue weighted by molar-refractivity contribution is 5.39. The van der Waals surface area contributed by atoms with Crippen molar-refractivity contribution < 1.29 is 4.74 Å². The summed E-state index contributed by atoms with van der Waals surface area (Å²) in [6, 6.07) is 7.10. The van der Waals surface area contributed by atoms with E-state index in [-0.39, 0.29) is 0 Å². The number of hydrogen-bond acceptors (Lipinski definition) is 2. The number of nitrogens with one attached hydrogen (secondary N) is 1. The third-order valence-electron chi connectivity index (χ3n) is 4.54. The second-order valence-electron chi connectivity index (χ2n) is 6.05. The number of hydrogen-bond donors (Lipinski definition) is 1. The smallest absolute Gasteiger partial charge is 0.119 e. The van der Waals surface area contributed by atoms with Crippen molar-refractivity contribution in [3.05, 3.63) is 29.3 Å². The fourth-order valence-corrected chi connectivity index (χ4v) is 3.19. The molecule has 3 rings (SSSR count). The lowest BCUT2D eigenvalue weighted by atomic mass is 9.87. The average Bonchev–Trinajstić information content (AvgIpc) is 3.27. The molecule has 1 N–H and O–H groups in total. The van der Waals surface area contributed by atoms with E-state index in [9.17, 15) is 0 Å². The molecule has 2 aliphatic carbocycles. The first kappa shape index (κ1) is 13.0.